The van der Waals surface area contributed by atoms with Crippen LogP contribution in [0.2, 0.25) is 13.1 Å². The van der Waals surface area contributed by atoms with Crippen molar-refractivity contribution in [1.29, 1.82) is 0 Å². The van der Waals surface area contributed by atoms with Crippen molar-refractivity contribution < 1.29 is 5.11 Å². The van der Waals surface area contributed by atoms with E-state index in [1.54, 1.807) is 12.1 Å². The van der Waals surface area contributed by atoms with E-state index < -0.39 is 8.07 Å². The highest BCUT2D eigenvalue weighted by Crippen LogP contribution is 2.33. The number of phenols is 1. The normalized spacial score (nSPS) is 18.3. The Labute approximate surface area is 252 Å². The Hall–Kier alpha value is -3.63. The van der Waals surface area contributed by atoms with E-state index in [0.29, 0.717) is 5.92 Å². The van der Waals surface area contributed by atoms with Gasteiger partial charge in [0, 0.05) is 36.5 Å². The highest BCUT2D eigenvalue weighted by atomic mass is 28.3. The number of aromatic hydroxyl groups is 1. The molecule has 2 aliphatic rings. The summed E-state index contributed by atoms with van der Waals surface area (Å²) >= 11 is 0. The lowest BCUT2D eigenvalue weighted by molar-refractivity contribution is 0.273. The van der Waals surface area contributed by atoms with Gasteiger partial charge >= 0.3 is 0 Å². The summed E-state index contributed by atoms with van der Waals surface area (Å²) in [5.74, 6) is 0.799. The van der Waals surface area contributed by atoms with Crippen LogP contribution in [0.25, 0.3) is 5.57 Å². The van der Waals surface area contributed by atoms with Crippen LogP contribution < -0.4 is 30.4 Å². The summed E-state index contributed by atoms with van der Waals surface area (Å²) in [6.07, 6.45) is 1.16. The Bertz CT molecular complexity index is 1850. The summed E-state index contributed by atoms with van der Waals surface area (Å²) in [6, 6.07) is 26.7. The third-order valence-corrected chi connectivity index (χ3v) is 13.5. The van der Waals surface area contributed by atoms with Crippen molar-refractivity contribution in [2.45, 2.75) is 72.5 Å². The van der Waals surface area contributed by atoms with Crippen LogP contribution in [-0.2, 0) is 0 Å². The van der Waals surface area contributed by atoms with Crippen LogP contribution >= 0.6 is 0 Å². The van der Waals surface area contributed by atoms with Gasteiger partial charge in [-0.05, 0) is 121 Å². The lowest BCUT2D eigenvalue weighted by atomic mass is 9.82. The van der Waals surface area contributed by atoms with Crippen molar-refractivity contribution in [2.75, 3.05) is 18.5 Å². The van der Waals surface area contributed by atoms with Crippen LogP contribution in [0.3, 0.4) is 0 Å². The summed E-state index contributed by atoms with van der Waals surface area (Å²) in [6.45, 7) is 20.1. The van der Waals surface area contributed by atoms with Gasteiger partial charge in [-0.1, -0.05) is 49.8 Å². The molecule has 0 spiro atoms. The second kappa shape index (κ2) is 9.98. The van der Waals surface area contributed by atoms with E-state index >= 15 is 0 Å². The molecule has 4 aromatic rings. The molecule has 1 unspecified atom stereocenters. The number of rotatable bonds is 4. The topological polar surface area (TPSA) is 26.5 Å². The van der Waals surface area contributed by atoms with Crippen LogP contribution in [0.15, 0.2) is 72.8 Å². The molecule has 4 heteroatoms. The van der Waals surface area contributed by atoms with E-state index in [0.717, 1.165) is 18.7 Å². The molecule has 4 aromatic carbocycles. The lowest BCUT2D eigenvalue weighted by Crippen LogP contribution is -2.65. The van der Waals surface area contributed by atoms with E-state index in [1.165, 1.54) is 60.0 Å². The predicted octanol–water partition coefficient (Wildman–Crippen LogP) is 5.96. The molecule has 1 atom stereocenters. The minimum Gasteiger partial charge on any atom is -0.508 e. The number of hydrogen-bond donors (Lipinski definition) is 1. The first-order valence-electron chi connectivity index (χ1n) is 15.4. The van der Waals surface area contributed by atoms with Crippen LogP contribution in [-0.4, -0.2) is 32.3 Å². The number of aryl methyl sites for hydroxylation is 2. The molecule has 0 fully saturated rings. The van der Waals surface area contributed by atoms with Crippen molar-refractivity contribution >= 4 is 35.4 Å². The highest BCUT2D eigenvalue weighted by Gasteiger charge is 2.41. The van der Waals surface area contributed by atoms with Crippen LogP contribution in [0, 0.1) is 13.8 Å². The fourth-order valence-corrected chi connectivity index (χ4v) is 10.9. The molecule has 0 radical (unpaired) electrons. The van der Waals surface area contributed by atoms with Gasteiger partial charge in [-0.3, -0.25) is 0 Å². The first-order chi connectivity index (χ1) is 19.8. The fourth-order valence-electron chi connectivity index (χ4n) is 7.83. The van der Waals surface area contributed by atoms with Crippen LogP contribution in [0.1, 0.15) is 67.9 Å². The van der Waals surface area contributed by atoms with Gasteiger partial charge in [-0.15, -0.1) is 0 Å². The number of benzene rings is 4. The molecule has 6 rings (SSSR count). The number of nitrogens with zero attached hydrogens (tertiary/aromatic N) is 2. The minimum atomic E-state index is -2.11. The van der Waals surface area contributed by atoms with Crippen molar-refractivity contribution in [2.24, 2.45) is 0 Å². The summed E-state index contributed by atoms with van der Waals surface area (Å²) in [5.41, 5.74) is 10.6. The largest absolute Gasteiger partial charge is 0.508 e. The maximum absolute atomic E-state index is 9.86. The Morgan fingerprint density at radius 2 is 1.55 bits per heavy atom. The smallest absolute Gasteiger partial charge is 0.203 e. The van der Waals surface area contributed by atoms with Gasteiger partial charge in [0.2, 0.25) is 5.36 Å². The third kappa shape index (κ3) is 4.43. The van der Waals surface area contributed by atoms with E-state index in [1.807, 2.05) is 12.1 Å². The van der Waals surface area contributed by atoms with E-state index in [4.69, 9.17) is 0 Å². The zero-order valence-corrected chi connectivity index (χ0v) is 27.8. The van der Waals surface area contributed by atoms with E-state index in [2.05, 4.69) is 120 Å². The van der Waals surface area contributed by atoms with E-state index in [-0.39, 0.29) is 11.3 Å². The summed E-state index contributed by atoms with van der Waals surface area (Å²) < 4.78 is 2.65. The monoisotopic (exact) mass is 573 g/mol. The molecule has 0 saturated carbocycles. The number of phenolic OH excluding ortho intramolecular Hbond substituents is 1. The molecular formula is C38H45N2OSi+. The van der Waals surface area contributed by atoms with Gasteiger partial charge in [0.15, 0.2) is 5.54 Å². The Morgan fingerprint density at radius 3 is 2.21 bits per heavy atom. The first-order valence-corrected chi connectivity index (χ1v) is 18.4. The average Bonchev–Trinajstić information content (AvgIpc) is 2.93. The second-order valence-electron chi connectivity index (χ2n) is 13.7. The van der Waals surface area contributed by atoms with Gasteiger partial charge in [0.1, 0.15) is 20.4 Å². The molecule has 42 heavy (non-hydrogen) atoms. The first kappa shape index (κ1) is 28.5. The van der Waals surface area contributed by atoms with Gasteiger partial charge in [-0.25, -0.2) is 4.58 Å². The molecule has 0 amide bonds. The molecule has 0 saturated heterocycles. The summed E-state index contributed by atoms with van der Waals surface area (Å²) in [7, 11) is 0.0122. The minimum absolute atomic E-state index is 0.133. The van der Waals surface area contributed by atoms with Gasteiger partial charge < -0.3 is 10.0 Å². The number of anilines is 2. The Balaban J connectivity index is 1.70. The molecule has 2 heterocycles. The van der Waals surface area contributed by atoms with Gasteiger partial charge in [0.05, 0.1) is 0 Å². The molecular weight excluding hydrogens is 529 g/mol. The zero-order chi connectivity index (χ0) is 30.1. The molecule has 0 aliphatic carbocycles. The Morgan fingerprint density at radius 1 is 0.881 bits per heavy atom. The molecule has 3 nitrogen and oxygen atoms in total. The Kier molecular flexibility index (Phi) is 6.77. The average molecular weight is 574 g/mol. The predicted molar refractivity (Wildman–Crippen MR) is 181 cm³/mol. The van der Waals surface area contributed by atoms with Crippen molar-refractivity contribution in [1.82, 2.24) is 4.58 Å². The zero-order valence-electron chi connectivity index (χ0n) is 26.8. The lowest BCUT2D eigenvalue weighted by Gasteiger charge is -2.36. The van der Waals surface area contributed by atoms with Crippen molar-refractivity contribution in [3.63, 3.8) is 0 Å². The standard InChI is InChI=1S/C38H44N2OSi/c1-10-40-34-22-36-33(21-32(34)26(4)23-38(40,5)6)37(30-17-11-24(2)19-25(30)3)31-18-14-28(20-35(31)42(36,8)9)39(7)27-12-15-29(41)16-13-27/h11-22,26H,10,23H2,1-9H3/p+1. The maximum atomic E-state index is 9.86. The summed E-state index contributed by atoms with van der Waals surface area (Å²) in [5, 5.41) is 15.7. The maximum Gasteiger partial charge on any atom is 0.203 e. The van der Waals surface area contributed by atoms with Crippen LogP contribution in [0.4, 0.5) is 11.4 Å². The number of fused-ring (bicyclic) bond motifs is 3. The SMILES string of the molecule is CC[N+]1=c2cc3c(cc2C(C)CC1(C)C)=C(c1ccc(C)cc1C)c1ccc(N(C)c2ccc(O)cc2)cc1[Si]3(C)C. The quantitative estimate of drug-likeness (QED) is 0.241. The molecule has 0 aromatic heterocycles. The molecule has 1 N–H and O–H groups in total. The summed E-state index contributed by atoms with van der Waals surface area (Å²) in [4.78, 5) is 2.23. The fraction of sp³-hybridized carbons (Fsp3) is 0.342. The van der Waals surface area contributed by atoms with Crippen molar-refractivity contribution in [3.05, 3.63) is 111 Å². The van der Waals surface area contributed by atoms with Gasteiger partial charge in [-0.2, -0.15) is 0 Å². The second-order valence-corrected chi connectivity index (χ2v) is 18.1. The highest BCUT2D eigenvalue weighted by molar-refractivity contribution is 7.01. The van der Waals surface area contributed by atoms with Crippen LogP contribution in [0.5, 0.6) is 5.75 Å². The third-order valence-electron chi connectivity index (χ3n) is 10.0. The molecule has 0 bridgehead atoms. The molecule has 216 valence electrons. The van der Waals surface area contributed by atoms with Gasteiger partial charge in [0.25, 0.3) is 0 Å². The van der Waals surface area contributed by atoms with Crippen molar-refractivity contribution in [3.8, 4) is 5.75 Å². The van der Waals surface area contributed by atoms with E-state index in [9.17, 15) is 5.11 Å². The molecule has 2 aliphatic heterocycles. The number of hydrogen-bond acceptors (Lipinski definition) is 2.